The third-order valence-electron chi connectivity index (χ3n) is 5.27. The molecule has 0 aliphatic carbocycles. The Morgan fingerprint density at radius 2 is 1.86 bits per heavy atom. The zero-order chi connectivity index (χ0) is 20.2. The highest BCUT2D eigenvalue weighted by Gasteiger charge is 2.32. The number of fused-ring (bicyclic) bond motifs is 1. The van der Waals surface area contributed by atoms with Crippen molar-refractivity contribution in [2.24, 2.45) is 0 Å². The van der Waals surface area contributed by atoms with E-state index in [-0.39, 0.29) is 11.9 Å². The van der Waals surface area contributed by atoms with Gasteiger partial charge in [0.25, 0.3) is 5.91 Å². The molecule has 0 radical (unpaired) electrons. The van der Waals surface area contributed by atoms with Crippen LogP contribution in [0.15, 0.2) is 60.7 Å². The Balaban J connectivity index is 1.45. The van der Waals surface area contributed by atoms with Crippen molar-refractivity contribution in [2.75, 3.05) is 16.8 Å². The third-order valence-corrected chi connectivity index (χ3v) is 5.27. The monoisotopic (exact) mass is 386 g/mol. The van der Waals surface area contributed by atoms with Crippen molar-refractivity contribution in [2.45, 2.75) is 39.2 Å². The van der Waals surface area contributed by atoms with Gasteiger partial charge in [0.15, 0.2) is 0 Å². The van der Waals surface area contributed by atoms with E-state index in [4.69, 9.17) is 0 Å². The Hall–Kier alpha value is -3.21. The van der Waals surface area contributed by atoms with Gasteiger partial charge in [0, 0.05) is 24.0 Å². The van der Waals surface area contributed by atoms with Crippen LogP contribution < -0.4 is 10.2 Å². The number of para-hydroxylation sites is 1. The van der Waals surface area contributed by atoms with Crippen molar-refractivity contribution in [3.8, 4) is 0 Å². The molecule has 5 nitrogen and oxygen atoms in total. The van der Waals surface area contributed by atoms with Crippen LogP contribution in [0, 0.1) is 6.92 Å². The Morgan fingerprint density at radius 1 is 1.10 bits per heavy atom. The molecular weight excluding hydrogens is 360 g/mol. The van der Waals surface area contributed by atoms with E-state index in [0.717, 1.165) is 37.2 Å². The molecule has 0 bridgehead atoms. The number of anilines is 2. The number of aryl methyl sites for hydroxylation is 2. The fourth-order valence-electron chi connectivity index (χ4n) is 3.89. The van der Waals surface area contributed by atoms with Crippen LogP contribution in [0.5, 0.6) is 0 Å². The summed E-state index contributed by atoms with van der Waals surface area (Å²) in [5.41, 5.74) is 4.73. The van der Waals surface area contributed by atoms with E-state index in [9.17, 15) is 4.79 Å². The van der Waals surface area contributed by atoms with Crippen molar-refractivity contribution in [3.63, 3.8) is 0 Å². The minimum atomic E-state index is -0.0692. The predicted octanol–water partition coefficient (Wildman–Crippen LogP) is 4.42. The van der Waals surface area contributed by atoms with Crippen molar-refractivity contribution >= 4 is 17.5 Å². The number of aromatic nitrogens is 2. The molecule has 0 spiro atoms. The molecule has 4 rings (SSSR count). The predicted molar refractivity (Wildman–Crippen MR) is 116 cm³/mol. The number of rotatable bonds is 6. The summed E-state index contributed by atoms with van der Waals surface area (Å²) in [6, 6.07) is 20.4. The van der Waals surface area contributed by atoms with Crippen LogP contribution in [-0.2, 0) is 12.8 Å². The standard InChI is InChI=1S/C24H26N4O/c1-17-15-21(23(29)28-18(2)16-20-12-6-7-13-22(20)28)27-24(26-17)25-14-8-11-19-9-4-3-5-10-19/h3-7,9-10,12-13,15,18H,8,11,14,16H2,1-2H3,(H,25,26,27). The van der Waals surface area contributed by atoms with E-state index in [2.05, 4.69) is 52.5 Å². The van der Waals surface area contributed by atoms with Gasteiger partial charge in [-0.3, -0.25) is 4.79 Å². The quantitative estimate of drug-likeness (QED) is 0.637. The summed E-state index contributed by atoms with van der Waals surface area (Å²) < 4.78 is 0. The van der Waals surface area contributed by atoms with Gasteiger partial charge in [-0.25, -0.2) is 9.97 Å². The number of benzene rings is 2. The van der Waals surface area contributed by atoms with Crippen LogP contribution in [0.2, 0.25) is 0 Å². The van der Waals surface area contributed by atoms with E-state index < -0.39 is 0 Å². The highest BCUT2D eigenvalue weighted by Crippen LogP contribution is 2.32. The van der Waals surface area contributed by atoms with E-state index in [1.807, 2.05) is 36.1 Å². The maximum Gasteiger partial charge on any atom is 0.277 e. The third kappa shape index (κ3) is 4.29. The lowest BCUT2D eigenvalue weighted by atomic mass is 10.1. The second-order valence-corrected chi connectivity index (χ2v) is 7.59. The Morgan fingerprint density at radius 3 is 2.69 bits per heavy atom. The molecule has 0 fully saturated rings. The maximum absolute atomic E-state index is 13.2. The normalized spacial score (nSPS) is 15.2. The largest absolute Gasteiger partial charge is 0.354 e. The average molecular weight is 386 g/mol. The molecular formula is C24H26N4O. The molecule has 1 N–H and O–H groups in total. The van der Waals surface area contributed by atoms with E-state index >= 15 is 0 Å². The zero-order valence-corrected chi connectivity index (χ0v) is 16.9. The molecule has 1 amide bonds. The summed E-state index contributed by atoms with van der Waals surface area (Å²) in [5, 5.41) is 3.28. The molecule has 148 valence electrons. The highest BCUT2D eigenvalue weighted by molar-refractivity contribution is 6.06. The van der Waals surface area contributed by atoms with Gasteiger partial charge in [0.1, 0.15) is 5.69 Å². The lowest BCUT2D eigenvalue weighted by Gasteiger charge is -2.22. The minimum absolute atomic E-state index is 0.0692. The number of amides is 1. The first-order valence-corrected chi connectivity index (χ1v) is 10.2. The first-order valence-electron chi connectivity index (χ1n) is 10.2. The fourth-order valence-corrected chi connectivity index (χ4v) is 3.89. The number of nitrogens with zero attached hydrogens (tertiary/aromatic N) is 3. The summed E-state index contributed by atoms with van der Waals surface area (Å²) in [6.45, 7) is 4.73. The topological polar surface area (TPSA) is 58.1 Å². The van der Waals surface area contributed by atoms with Gasteiger partial charge in [-0.15, -0.1) is 0 Å². The first kappa shape index (κ1) is 19.1. The van der Waals surface area contributed by atoms with E-state index in [1.54, 1.807) is 6.07 Å². The van der Waals surface area contributed by atoms with Gasteiger partial charge in [-0.05, 0) is 56.4 Å². The van der Waals surface area contributed by atoms with E-state index in [1.165, 1.54) is 11.1 Å². The molecule has 29 heavy (non-hydrogen) atoms. The van der Waals surface area contributed by atoms with Crippen molar-refractivity contribution in [1.82, 2.24) is 9.97 Å². The molecule has 1 unspecified atom stereocenters. The number of carbonyl (C=O) groups excluding carboxylic acids is 1. The Bertz CT molecular complexity index is 1000. The maximum atomic E-state index is 13.2. The molecule has 1 aromatic heterocycles. The molecule has 1 aliphatic heterocycles. The van der Waals surface area contributed by atoms with Crippen LogP contribution in [-0.4, -0.2) is 28.5 Å². The highest BCUT2D eigenvalue weighted by atomic mass is 16.2. The summed E-state index contributed by atoms with van der Waals surface area (Å²) in [4.78, 5) is 24.1. The van der Waals surface area contributed by atoms with Gasteiger partial charge in [-0.2, -0.15) is 0 Å². The van der Waals surface area contributed by atoms with Crippen LogP contribution in [0.3, 0.4) is 0 Å². The van der Waals surface area contributed by atoms with Gasteiger partial charge >= 0.3 is 0 Å². The molecule has 1 atom stereocenters. The molecule has 0 saturated carbocycles. The smallest absolute Gasteiger partial charge is 0.277 e. The second-order valence-electron chi connectivity index (χ2n) is 7.59. The lowest BCUT2D eigenvalue weighted by Crippen LogP contribution is -2.36. The van der Waals surface area contributed by atoms with Gasteiger partial charge in [-0.1, -0.05) is 48.5 Å². The molecule has 2 heterocycles. The molecule has 5 heteroatoms. The lowest BCUT2D eigenvalue weighted by molar-refractivity contribution is 0.0976. The van der Waals surface area contributed by atoms with Crippen molar-refractivity contribution < 1.29 is 4.79 Å². The second kappa shape index (κ2) is 8.43. The molecule has 2 aromatic carbocycles. The summed E-state index contributed by atoms with van der Waals surface area (Å²) in [6.07, 6.45) is 2.84. The van der Waals surface area contributed by atoms with Crippen molar-refractivity contribution in [1.29, 1.82) is 0 Å². The van der Waals surface area contributed by atoms with Crippen molar-refractivity contribution in [3.05, 3.63) is 83.2 Å². The molecule has 0 saturated heterocycles. The number of hydrogen-bond acceptors (Lipinski definition) is 4. The van der Waals surface area contributed by atoms with Gasteiger partial charge in [0.2, 0.25) is 5.95 Å². The minimum Gasteiger partial charge on any atom is -0.354 e. The summed E-state index contributed by atoms with van der Waals surface area (Å²) in [5.74, 6) is 0.446. The molecule has 3 aromatic rings. The SMILES string of the molecule is Cc1cc(C(=O)N2c3ccccc3CC2C)nc(NCCCc2ccccc2)n1. The average Bonchev–Trinajstić information content (AvgIpc) is 3.06. The van der Waals surface area contributed by atoms with Crippen LogP contribution in [0.4, 0.5) is 11.6 Å². The van der Waals surface area contributed by atoms with Crippen LogP contribution in [0.1, 0.15) is 40.7 Å². The number of nitrogens with one attached hydrogen (secondary N) is 1. The summed E-state index contributed by atoms with van der Waals surface area (Å²) >= 11 is 0. The van der Waals surface area contributed by atoms with Crippen LogP contribution >= 0.6 is 0 Å². The zero-order valence-electron chi connectivity index (χ0n) is 16.9. The summed E-state index contributed by atoms with van der Waals surface area (Å²) in [7, 11) is 0. The Kier molecular flexibility index (Phi) is 5.56. The Labute approximate surface area is 171 Å². The number of hydrogen-bond donors (Lipinski definition) is 1. The fraction of sp³-hybridized carbons (Fsp3) is 0.292. The first-order chi connectivity index (χ1) is 14.1. The van der Waals surface area contributed by atoms with Gasteiger partial charge < -0.3 is 10.2 Å². The molecule has 1 aliphatic rings. The van der Waals surface area contributed by atoms with E-state index in [0.29, 0.717) is 11.6 Å². The van der Waals surface area contributed by atoms with Gasteiger partial charge in [0.05, 0.1) is 0 Å². The van der Waals surface area contributed by atoms with Crippen LogP contribution in [0.25, 0.3) is 0 Å². The number of carbonyl (C=O) groups is 1.